The van der Waals surface area contributed by atoms with Crippen LogP contribution in [-0.2, 0) is 16.0 Å². The van der Waals surface area contributed by atoms with E-state index in [4.69, 9.17) is 4.74 Å². The standard InChI is InChI=1S/C33H45N3O5/c1-6-17-41-27-21-25(20-26(22-27)36-16-10-13-30(36)38)32(40)35-28(19-24-11-8-7-9-12-24)29(37)18-23(2)31(39)34-15-14-33(3,4)5/h6-9,11-12,20-23,28-29,37H,1,10,13-19H2,2-5H3,(H,34,39)(H,35,40)/t23-,28+,29-/m1/s1. The lowest BCUT2D eigenvalue weighted by molar-refractivity contribution is -0.125. The third-order valence-corrected chi connectivity index (χ3v) is 7.20. The minimum Gasteiger partial charge on any atom is -0.489 e. The number of rotatable bonds is 14. The molecule has 0 aromatic heterocycles. The first-order valence-corrected chi connectivity index (χ1v) is 14.5. The van der Waals surface area contributed by atoms with Crippen molar-refractivity contribution >= 4 is 23.4 Å². The number of aliphatic hydroxyl groups is 1. The summed E-state index contributed by atoms with van der Waals surface area (Å²) in [5, 5.41) is 17.3. The van der Waals surface area contributed by atoms with E-state index in [1.165, 1.54) is 0 Å². The zero-order chi connectivity index (χ0) is 30.0. The lowest BCUT2D eigenvalue weighted by Crippen LogP contribution is -2.46. The average Bonchev–Trinajstić information content (AvgIpc) is 3.36. The number of benzene rings is 2. The van der Waals surface area contributed by atoms with E-state index in [0.717, 1.165) is 18.4 Å². The molecule has 0 spiro atoms. The number of amides is 3. The van der Waals surface area contributed by atoms with Crippen LogP contribution < -0.4 is 20.3 Å². The van der Waals surface area contributed by atoms with Crippen LogP contribution in [0.5, 0.6) is 5.75 Å². The molecular formula is C33H45N3O5. The average molecular weight is 564 g/mol. The Kier molecular flexibility index (Phi) is 11.5. The maximum Gasteiger partial charge on any atom is 0.251 e. The molecule has 0 saturated carbocycles. The Balaban J connectivity index is 1.78. The van der Waals surface area contributed by atoms with Crippen molar-refractivity contribution in [1.29, 1.82) is 0 Å². The topological polar surface area (TPSA) is 108 Å². The Labute approximate surface area is 244 Å². The van der Waals surface area contributed by atoms with E-state index in [1.807, 2.05) is 30.3 Å². The van der Waals surface area contributed by atoms with E-state index in [2.05, 4.69) is 38.0 Å². The summed E-state index contributed by atoms with van der Waals surface area (Å²) in [6.45, 7) is 13.2. The summed E-state index contributed by atoms with van der Waals surface area (Å²) in [6, 6.07) is 14.0. The second-order valence-electron chi connectivity index (χ2n) is 12.0. The van der Waals surface area contributed by atoms with Crippen LogP contribution in [0, 0.1) is 11.3 Å². The molecule has 0 radical (unpaired) electrons. The summed E-state index contributed by atoms with van der Waals surface area (Å²) in [5.41, 5.74) is 1.97. The Morgan fingerprint density at radius 1 is 1.17 bits per heavy atom. The molecule has 8 heteroatoms. The summed E-state index contributed by atoms with van der Waals surface area (Å²) in [5.74, 6) is -0.504. The maximum atomic E-state index is 13.6. The first-order valence-electron chi connectivity index (χ1n) is 14.5. The predicted molar refractivity (Wildman–Crippen MR) is 162 cm³/mol. The van der Waals surface area contributed by atoms with Gasteiger partial charge in [-0.3, -0.25) is 14.4 Å². The van der Waals surface area contributed by atoms with Crippen LogP contribution in [0.1, 0.15) is 69.3 Å². The lowest BCUT2D eigenvalue weighted by Gasteiger charge is -2.27. The van der Waals surface area contributed by atoms with Gasteiger partial charge in [-0.2, -0.15) is 0 Å². The van der Waals surface area contributed by atoms with Crippen molar-refractivity contribution in [2.45, 2.75) is 71.9 Å². The molecule has 0 unspecified atom stereocenters. The zero-order valence-electron chi connectivity index (χ0n) is 24.8. The lowest BCUT2D eigenvalue weighted by atomic mass is 9.91. The van der Waals surface area contributed by atoms with Crippen LogP contribution >= 0.6 is 0 Å². The van der Waals surface area contributed by atoms with E-state index in [-0.39, 0.29) is 30.3 Å². The van der Waals surface area contributed by atoms with Crippen molar-refractivity contribution in [3.05, 3.63) is 72.3 Å². The van der Waals surface area contributed by atoms with Gasteiger partial charge in [0.15, 0.2) is 0 Å². The van der Waals surface area contributed by atoms with Crippen LogP contribution in [0.25, 0.3) is 0 Å². The van der Waals surface area contributed by atoms with Gasteiger partial charge in [0.2, 0.25) is 11.8 Å². The molecule has 8 nitrogen and oxygen atoms in total. The minimum absolute atomic E-state index is 0.00405. The number of carbonyl (C=O) groups excluding carboxylic acids is 3. The second kappa shape index (κ2) is 14.8. The Bertz CT molecular complexity index is 1190. The Morgan fingerprint density at radius 3 is 2.54 bits per heavy atom. The second-order valence-corrected chi connectivity index (χ2v) is 12.0. The van der Waals surface area contributed by atoms with Crippen molar-refractivity contribution in [2.75, 3.05) is 24.6 Å². The number of aliphatic hydroxyl groups excluding tert-OH is 1. The zero-order valence-corrected chi connectivity index (χ0v) is 24.8. The molecule has 3 amide bonds. The highest BCUT2D eigenvalue weighted by Gasteiger charge is 2.28. The number of hydrogen-bond acceptors (Lipinski definition) is 5. The van der Waals surface area contributed by atoms with Gasteiger partial charge in [-0.15, -0.1) is 0 Å². The fourth-order valence-corrected chi connectivity index (χ4v) is 4.80. The first kappa shape index (κ1) is 31.9. The largest absolute Gasteiger partial charge is 0.489 e. The minimum atomic E-state index is -0.970. The van der Waals surface area contributed by atoms with Crippen LogP contribution in [0.3, 0.4) is 0 Å². The van der Waals surface area contributed by atoms with Crippen LogP contribution in [0.15, 0.2) is 61.2 Å². The van der Waals surface area contributed by atoms with Crippen LogP contribution in [0.4, 0.5) is 5.69 Å². The van der Waals surface area contributed by atoms with Crippen molar-refractivity contribution in [3.8, 4) is 5.75 Å². The smallest absolute Gasteiger partial charge is 0.251 e. The summed E-state index contributed by atoms with van der Waals surface area (Å²) < 4.78 is 5.73. The molecule has 222 valence electrons. The summed E-state index contributed by atoms with van der Waals surface area (Å²) in [4.78, 5) is 40.4. The quantitative estimate of drug-likeness (QED) is 0.290. The van der Waals surface area contributed by atoms with Crippen molar-refractivity contribution in [2.24, 2.45) is 11.3 Å². The van der Waals surface area contributed by atoms with E-state index >= 15 is 0 Å². The van der Waals surface area contributed by atoms with Gasteiger partial charge in [-0.1, -0.05) is 70.7 Å². The monoisotopic (exact) mass is 563 g/mol. The Morgan fingerprint density at radius 2 is 1.90 bits per heavy atom. The normalized spacial score (nSPS) is 15.6. The third-order valence-electron chi connectivity index (χ3n) is 7.20. The van der Waals surface area contributed by atoms with Gasteiger partial charge in [0.05, 0.1) is 12.1 Å². The molecule has 3 rings (SSSR count). The highest BCUT2D eigenvalue weighted by Crippen LogP contribution is 2.28. The first-order chi connectivity index (χ1) is 19.5. The number of ether oxygens (including phenoxy) is 1. The van der Waals surface area contributed by atoms with Crippen molar-refractivity contribution < 1.29 is 24.2 Å². The predicted octanol–water partition coefficient (Wildman–Crippen LogP) is 4.66. The number of nitrogens with one attached hydrogen (secondary N) is 2. The van der Waals surface area contributed by atoms with Crippen LogP contribution in [0.2, 0.25) is 0 Å². The molecule has 1 aliphatic rings. The highest BCUT2D eigenvalue weighted by molar-refractivity contribution is 5.99. The molecule has 2 aromatic rings. The summed E-state index contributed by atoms with van der Waals surface area (Å²) >= 11 is 0. The molecular weight excluding hydrogens is 518 g/mol. The number of nitrogens with zero attached hydrogens (tertiary/aromatic N) is 1. The molecule has 3 atom stereocenters. The van der Waals surface area contributed by atoms with Gasteiger partial charge in [0, 0.05) is 42.7 Å². The number of carbonyl (C=O) groups is 3. The molecule has 0 bridgehead atoms. The van der Waals surface area contributed by atoms with Crippen molar-refractivity contribution in [3.63, 3.8) is 0 Å². The fourth-order valence-electron chi connectivity index (χ4n) is 4.80. The van der Waals surface area contributed by atoms with Gasteiger partial charge < -0.3 is 25.4 Å². The molecule has 3 N–H and O–H groups in total. The highest BCUT2D eigenvalue weighted by atomic mass is 16.5. The van der Waals surface area contributed by atoms with E-state index in [0.29, 0.717) is 42.9 Å². The molecule has 1 aliphatic heterocycles. The molecule has 1 saturated heterocycles. The molecule has 1 heterocycles. The SMILES string of the molecule is C=CCOc1cc(C(=O)N[C@@H](Cc2ccccc2)[C@H](O)C[C@@H](C)C(=O)NCCC(C)(C)C)cc(N2CCCC2=O)c1. The van der Waals surface area contributed by atoms with Gasteiger partial charge in [0.1, 0.15) is 12.4 Å². The molecule has 0 aliphatic carbocycles. The van der Waals surface area contributed by atoms with Gasteiger partial charge in [-0.05, 0) is 48.8 Å². The fraction of sp³-hybridized carbons (Fsp3) is 0.485. The third kappa shape index (κ3) is 10.0. The summed E-state index contributed by atoms with van der Waals surface area (Å²) in [6.07, 6.45) is 3.28. The molecule has 41 heavy (non-hydrogen) atoms. The van der Waals surface area contributed by atoms with Gasteiger partial charge in [0.25, 0.3) is 5.91 Å². The molecule has 2 aromatic carbocycles. The maximum absolute atomic E-state index is 13.6. The summed E-state index contributed by atoms with van der Waals surface area (Å²) in [7, 11) is 0. The molecule has 1 fully saturated rings. The van der Waals surface area contributed by atoms with Crippen LogP contribution in [-0.4, -0.2) is 54.7 Å². The van der Waals surface area contributed by atoms with Crippen molar-refractivity contribution in [1.82, 2.24) is 10.6 Å². The number of anilines is 1. The van der Waals surface area contributed by atoms with E-state index in [1.54, 1.807) is 36.1 Å². The van der Waals surface area contributed by atoms with Gasteiger partial charge in [-0.25, -0.2) is 0 Å². The Hall–Kier alpha value is -3.65. The number of hydrogen-bond donors (Lipinski definition) is 3. The van der Waals surface area contributed by atoms with Gasteiger partial charge >= 0.3 is 0 Å². The van der Waals surface area contributed by atoms with E-state index < -0.39 is 24.0 Å². The van der Waals surface area contributed by atoms with E-state index in [9.17, 15) is 19.5 Å².